The maximum absolute atomic E-state index is 2.64. The van der Waals surface area contributed by atoms with Gasteiger partial charge >= 0.3 is 0 Å². The van der Waals surface area contributed by atoms with Crippen molar-refractivity contribution in [2.75, 3.05) is 0 Å². The summed E-state index contributed by atoms with van der Waals surface area (Å²) in [5, 5.41) is 8.09. The summed E-state index contributed by atoms with van der Waals surface area (Å²) in [5.74, 6) is 0. The van der Waals surface area contributed by atoms with E-state index in [4.69, 9.17) is 0 Å². The minimum Gasteiger partial charge on any atom is -0.310 e. The molecule has 7 aromatic rings. The number of hydrogen-bond donors (Lipinski definition) is 0. The summed E-state index contributed by atoms with van der Waals surface area (Å²) >= 11 is 0. The van der Waals surface area contributed by atoms with E-state index in [9.17, 15) is 0 Å². The lowest BCUT2D eigenvalue weighted by atomic mass is 9.30. The SMILES string of the molecule is CC(C)(C)c1ccc2c(c1)c1ccc3c4c1n2-c1c(c2ccccc2c2ccccc12)B4c1ccccc1C3(C)C. The molecule has 0 saturated heterocycles. The molecule has 0 radical (unpaired) electrons. The van der Waals surface area contributed by atoms with Crippen molar-refractivity contribution in [1.82, 2.24) is 4.57 Å². The number of fused-ring (bicyclic) bond motifs is 13. The molecule has 0 saturated carbocycles. The molecule has 0 amide bonds. The molecule has 0 N–H and O–H groups in total. The van der Waals surface area contributed by atoms with E-state index in [0.29, 0.717) is 0 Å². The van der Waals surface area contributed by atoms with Gasteiger partial charge in [0.25, 0.3) is 0 Å². The molecule has 0 unspecified atom stereocenters. The Kier molecular flexibility index (Phi) is 4.28. The van der Waals surface area contributed by atoms with Crippen LogP contribution in [0.1, 0.15) is 51.3 Å². The molecular formula is C39H32BN. The van der Waals surface area contributed by atoms with Gasteiger partial charge in [0, 0.05) is 32.8 Å². The molecule has 3 heterocycles. The third-order valence-electron chi connectivity index (χ3n) is 10.2. The molecule has 6 aromatic carbocycles. The van der Waals surface area contributed by atoms with Crippen molar-refractivity contribution < 1.29 is 0 Å². The lowest BCUT2D eigenvalue weighted by Crippen LogP contribution is -2.63. The van der Waals surface area contributed by atoms with Crippen molar-refractivity contribution in [3.63, 3.8) is 0 Å². The molecule has 2 aliphatic heterocycles. The topological polar surface area (TPSA) is 4.93 Å². The van der Waals surface area contributed by atoms with Crippen molar-refractivity contribution in [1.29, 1.82) is 0 Å². The lowest BCUT2D eigenvalue weighted by molar-refractivity contribution is 0.591. The average Bonchev–Trinajstić information content (AvgIpc) is 3.31. The summed E-state index contributed by atoms with van der Waals surface area (Å²) in [6.45, 7) is 12.0. The number of aromatic nitrogens is 1. The van der Waals surface area contributed by atoms with Gasteiger partial charge in [0.05, 0.1) is 5.52 Å². The first-order valence-corrected chi connectivity index (χ1v) is 14.9. The zero-order chi connectivity index (χ0) is 27.8. The number of nitrogens with zero attached hydrogens (tertiary/aromatic N) is 1. The molecule has 2 aliphatic rings. The fourth-order valence-electron chi connectivity index (χ4n) is 8.27. The Morgan fingerprint density at radius 1 is 0.585 bits per heavy atom. The lowest BCUT2D eigenvalue weighted by Gasteiger charge is -2.42. The quantitative estimate of drug-likeness (QED) is 0.140. The minimum atomic E-state index is -0.0847. The van der Waals surface area contributed by atoms with Gasteiger partial charge in [-0.15, -0.1) is 0 Å². The monoisotopic (exact) mass is 525 g/mol. The Bertz CT molecular complexity index is 2270. The molecule has 0 spiro atoms. The molecule has 1 nitrogen and oxygen atoms in total. The summed E-state index contributed by atoms with van der Waals surface area (Å²) in [7, 11) is 0. The van der Waals surface area contributed by atoms with Crippen molar-refractivity contribution in [3.8, 4) is 5.69 Å². The summed E-state index contributed by atoms with van der Waals surface area (Å²) < 4.78 is 2.64. The van der Waals surface area contributed by atoms with Gasteiger partial charge in [-0.1, -0.05) is 131 Å². The van der Waals surface area contributed by atoms with Crippen molar-refractivity contribution in [2.45, 2.75) is 45.4 Å². The van der Waals surface area contributed by atoms with Crippen LogP contribution in [0.4, 0.5) is 0 Å². The van der Waals surface area contributed by atoms with E-state index in [1.165, 1.54) is 82.1 Å². The van der Waals surface area contributed by atoms with Crippen LogP contribution in [0.15, 0.2) is 103 Å². The van der Waals surface area contributed by atoms with Crippen LogP contribution in [0.3, 0.4) is 0 Å². The highest BCUT2D eigenvalue weighted by Crippen LogP contribution is 2.44. The van der Waals surface area contributed by atoms with Gasteiger partial charge < -0.3 is 4.57 Å². The normalized spacial score (nSPS) is 15.1. The zero-order valence-electron chi connectivity index (χ0n) is 24.3. The van der Waals surface area contributed by atoms with Gasteiger partial charge in [0.2, 0.25) is 6.71 Å². The van der Waals surface area contributed by atoms with Gasteiger partial charge in [0.15, 0.2) is 0 Å². The van der Waals surface area contributed by atoms with Crippen LogP contribution in [-0.2, 0) is 10.8 Å². The first-order chi connectivity index (χ1) is 19.8. The second-order valence-electron chi connectivity index (χ2n) is 13.7. The van der Waals surface area contributed by atoms with Gasteiger partial charge in [-0.3, -0.25) is 0 Å². The molecule has 0 aliphatic carbocycles. The van der Waals surface area contributed by atoms with Crippen molar-refractivity contribution in [3.05, 3.63) is 120 Å². The Hall–Kier alpha value is -4.30. The minimum absolute atomic E-state index is 0.0846. The molecule has 0 fully saturated rings. The number of hydrogen-bond acceptors (Lipinski definition) is 0. The van der Waals surface area contributed by atoms with Gasteiger partial charge in [0.1, 0.15) is 0 Å². The third-order valence-corrected chi connectivity index (χ3v) is 10.2. The van der Waals surface area contributed by atoms with E-state index >= 15 is 0 Å². The van der Waals surface area contributed by atoms with E-state index in [1.807, 2.05) is 0 Å². The molecular weight excluding hydrogens is 493 g/mol. The van der Waals surface area contributed by atoms with Crippen LogP contribution < -0.4 is 16.4 Å². The van der Waals surface area contributed by atoms with Crippen LogP contribution in [0.5, 0.6) is 0 Å². The molecule has 0 bridgehead atoms. The van der Waals surface area contributed by atoms with Crippen LogP contribution in [0.25, 0.3) is 49.0 Å². The van der Waals surface area contributed by atoms with E-state index in [1.54, 1.807) is 0 Å². The van der Waals surface area contributed by atoms with Gasteiger partial charge in [-0.25, -0.2) is 0 Å². The highest BCUT2D eigenvalue weighted by Gasteiger charge is 2.46. The summed E-state index contributed by atoms with van der Waals surface area (Å²) in [4.78, 5) is 0. The Morgan fingerprint density at radius 3 is 2.00 bits per heavy atom. The predicted octanol–water partition coefficient (Wildman–Crippen LogP) is 7.86. The summed E-state index contributed by atoms with van der Waals surface area (Å²) in [5.41, 5.74) is 12.7. The highest BCUT2D eigenvalue weighted by atomic mass is 15.0. The number of rotatable bonds is 0. The second kappa shape index (κ2) is 7.50. The van der Waals surface area contributed by atoms with Crippen molar-refractivity contribution in [2.24, 2.45) is 0 Å². The second-order valence-corrected chi connectivity index (χ2v) is 13.7. The molecule has 0 atom stereocenters. The maximum atomic E-state index is 2.64. The fraction of sp³-hybridized carbons (Fsp3) is 0.179. The molecule has 1 aromatic heterocycles. The smallest absolute Gasteiger partial charge is 0.248 e. The summed E-state index contributed by atoms with van der Waals surface area (Å²) in [6, 6.07) is 39.4. The first-order valence-electron chi connectivity index (χ1n) is 14.9. The zero-order valence-corrected chi connectivity index (χ0v) is 24.3. The van der Waals surface area contributed by atoms with Gasteiger partial charge in [-0.2, -0.15) is 0 Å². The van der Waals surface area contributed by atoms with E-state index in [2.05, 4.69) is 142 Å². The largest absolute Gasteiger partial charge is 0.310 e. The molecule has 9 rings (SSSR count). The van der Waals surface area contributed by atoms with E-state index in [0.717, 1.165) is 0 Å². The average molecular weight is 526 g/mol. The van der Waals surface area contributed by atoms with Crippen molar-refractivity contribution >= 4 is 66.5 Å². The van der Waals surface area contributed by atoms with Gasteiger partial charge in [-0.05, 0) is 61.3 Å². The van der Waals surface area contributed by atoms with Crippen LogP contribution in [0, 0.1) is 0 Å². The first kappa shape index (κ1) is 23.4. The van der Waals surface area contributed by atoms with E-state index in [-0.39, 0.29) is 17.5 Å². The Morgan fingerprint density at radius 2 is 1.24 bits per heavy atom. The maximum Gasteiger partial charge on any atom is 0.248 e. The van der Waals surface area contributed by atoms with Crippen LogP contribution in [0.2, 0.25) is 0 Å². The highest BCUT2D eigenvalue weighted by molar-refractivity contribution is 7.00. The molecule has 196 valence electrons. The molecule has 41 heavy (non-hydrogen) atoms. The Labute approximate surface area is 241 Å². The standard InChI is InChI=1S/C39H32BN/c1-38(2,3)23-18-21-33-29(22-23)28-19-20-31-35-37(28)41(33)36-27-15-9-7-13-25(27)24-12-6-8-14-26(24)34(36)40(35)32-17-11-10-16-30(32)39(31,4)5/h6-22H,1-5H3. The fourth-order valence-corrected chi connectivity index (χ4v) is 8.27. The summed E-state index contributed by atoms with van der Waals surface area (Å²) in [6.07, 6.45) is 0. The van der Waals surface area contributed by atoms with Crippen LogP contribution in [-0.4, -0.2) is 11.3 Å². The van der Waals surface area contributed by atoms with E-state index < -0.39 is 0 Å². The Balaban J connectivity index is 1.60. The number of benzene rings is 6. The third kappa shape index (κ3) is 2.78. The molecule has 2 heteroatoms. The predicted molar refractivity (Wildman–Crippen MR) is 178 cm³/mol. The van der Waals surface area contributed by atoms with Crippen LogP contribution >= 0.6 is 0 Å².